The molecule has 3 aromatic rings. The number of phenols is 1. The van der Waals surface area contributed by atoms with E-state index < -0.39 is 4.92 Å². The molecule has 3 aromatic carbocycles. The molecule has 10 heteroatoms. The lowest BCUT2D eigenvalue weighted by Gasteiger charge is -2.17. The fourth-order valence-corrected chi connectivity index (χ4v) is 4.23. The summed E-state index contributed by atoms with van der Waals surface area (Å²) in [5.41, 5.74) is 1.58. The highest BCUT2D eigenvalue weighted by Gasteiger charge is 2.32. The number of nitro groups is 1. The summed E-state index contributed by atoms with van der Waals surface area (Å²) >= 11 is 1.09. The number of amides is 1. The number of rotatable bonds is 7. The van der Waals surface area contributed by atoms with Crippen LogP contribution in [0.3, 0.4) is 0 Å². The molecule has 9 nitrogen and oxygen atoms in total. The van der Waals surface area contributed by atoms with E-state index in [9.17, 15) is 24.8 Å². The molecule has 1 aliphatic rings. The number of benzene rings is 3. The van der Waals surface area contributed by atoms with E-state index in [4.69, 9.17) is 4.74 Å². The largest absolute Gasteiger partial charge is 0.504 e. The monoisotopic (exact) mass is 489 g/mol. The van der Waals surface area contributed by atoms with Crippen molar-refractivity contribution >= 4 is 46.1 Å². The van der Waals surface area contributed by atoms with Crippen LogP contribution in [-0.4, -0.2) is 39.8 Å². The van der Waals surface area contributed by atoms with Crippen LogP contribution in [0.4, 0.5) is 11.4 Å². The van der Waals surface area contributed by atoms with Crippen molar-refractivity contribution < 1.29 is 24.4 Å². The van der Waals surface area contributed by atoms with Gasteiger partial charge in [-0.25, -0.2) is 4.99 Å². The van der Waals surface area contributed by atoms with E-state index in [0.717, 1.165) is 11.8 Å². The Labute approximate surface area is 204 Å². The van der Waals surface area contributed by atoms with Gasteiger partial charge in [-0.15, -0.1) is 0 Å². The van der Waals surface area contributed by atoms with Gasteiger partial charge in [-0.05, 0) is 48.0 Å². The Morgan fingerprint density at radius 1 is 1.14 bits per heavy atom. The van der Waals surface area contributed by atoms with Crippen LogP contribution >= 0.6 is 11.8 Å². The van der Waals surface area contributed by atoms with Crippen LogP contribution in [0.5, 0.6) is 11.5 Å². The van der Waals surface area contributed by atoms with Gasteiger partial charge < -0.3 is 9.84 Å². The Bertz CT molecular complexity index is 1350. The van der Waals surface area contributed by atoms with Crippen LogP contribution in [0.1, 0.15) is 15.9 Å². The molecule has 0 radical (unpaired) electrons. The summed E-state index contributed by atoms with van der Waals surface area (Å²) in [5.74, 6) is -0.407. The second-order valence-corrected chi connectivity index (χ2v) is 8.29. The van der Waals surface area contributed by atoms with Crippen LogP contribution in [0, 0.1) is 10.1 Å². The molecule has 0 fully saturated rings. The molecule has 35 heavy (non-hydrogen) atoms. The summed E-state index contributed by atoms with van der Waals surface area (Å²) in [7, 11) is 1.43. The highest BCUT2D eigenvalue weighted by molar-refractivity contribution is 8.14. The van der Waals surface area contributed by atoms with Crippen molar-refractivity contribution in [1.29, 1.82) is 0 Å². The molecule has 0 saturated heterocycles. The van der Waals surface area contributed by atoms with Gasteiger partial charge in [-0.2, -0.15) is 0 Å². The predicted molar refractivity (Wildman–Crippen MR) is 134 cm³/mol. The Morgan fingerprint density at radius 2 is 1.86 bits per heavy atom. The van der Waals surface area contributed by atoms with Gasteiger partial charge in [0.2, 0.25) is 0 Å². The summed E-state index contributed by atoms with van der Waals surface area (Å²) in [6.45, 7) is 0. The summed E-state index contributed by atoms with van der Waals surface area (Å²) in [6, 6.07) is 19.0. The quantitative estimate of drug-likeness (QED) is 0.221. The lowest BCUT2D eigenvalue weighted by Crippen LogP contribution is -2.30. The smallest absolute Gasteiger partial charge is 0.283 e. The Hall–Kier alpha value is -4.44. The molecule has 0 bridgehead atoms. The van der Waals surface area contributed by atoms with Crippen molar-refractivity contribution in [1.82, 2.24) is 0 Å². The molecule has 176 valence electrons. The van der Waals surface area contributed by atoms with E-state index >= 15 is 0 Å². The topological polar surface area (TPSA) is 122 Å². The molecule has 0 unspecified atom stereocenters. The molecule has 0 aliphatic carbocycles. The van der Waals surface area contributed by atoms with Crippen LogP contribution in [0.2, 0.25) is 0 Å². The van der Waals surface area contributed by atoms with Gasteiger partial charge in [-0.3, -0.25) is 24.6 Å². The molecule has 0 spiro atoms. The Morgan fingerprint density at radius 3 is 2.51 bits per heavy atom. The third kappa shape index (κ3) is 5.22. The summed E-state index contributed by atoms with van der Waals surface area (Å²) in [4.78, 5) is 42.1. The first kappa shape index (κ1) is 23.7. The van der Waals surface area contributed by atoms with Crippen LogP contribution in [0.15, 0.2) is 83.5 Å². The standard InChI is InChI=1S/C25H19N3O6S/c1-34-23-14-16(7-12-21(23)29)13-20-24(31)27(18-5-3-2-4-6-18)25(26-20)35-15-22(30)17-8-10-19(11-9-17)28(32)33/h2-14,29H,15H2,1H3/b20-13+. The molecule has 0 saturated carbocycles. The summed E-state index contributed by atoms with van der Waals surface area (Å²) < 4.78 is 5.13. The van der Waals surface area contributed by atoms with Crippen molar-refractivity contribution in [2.45, 2.75) is 0 Å². The maximum atomic E-state index is 13.3. The van der Waals surface area contributed by atoms with E-state index in [2.05, 4.69) is 4.99 Å². The Balaban J connectivity index is 1.60. The van der Waals surface area contributed by atoms with Crippen LogP contribution in [-0.2, 0) is 4.79 Å². The van der Waals surface area contributed by atoms with Crippen LogP contribution < -0.4 is 9.64 Å². The van der Waals surface area contributed by atoms with Gasteiger partial charge in [0.05, 0.1) is 23.5 Å². The number of nitrogens with zero attached hydrogens (tertiary/aromatic N) is 3. The number of nitro benzene ring substituents is 1. The number of ether oxygens (including phenoxy) is 1. The minimum absolute atomic E-state index is 0.0203. The number of Topliss-reactive ketones (excluding diaryl/α,β-unsaturated/α-hetero) is 1. The number of carbonyl (C=O) groups is 2. The van der Waals surface area contributed by atoms with E-state index in [0.29, 0.717) is 22.0 Å². The van der Waals surface area contributed by atoms with Gasteiger partial charge in [0.1, 0.15) is 5.70 Å². The second-order valence-electron chi connectivity index (χ2n) is 7.35. The number of methoxy groups -OCH3 is 1. The summed E-state index contributed by atoms with van der Waals surface area (Å²) in [6.07, 6.45) is 1.58. The average Bonchev–Trinajstić information content (AvgIpc) is 3.18. The molecule has 1 amide bonds. The Kier molecular flexibility index (Phi) is 6.93. The average molecular weight is 490 g/mol. The number of phenolic OH excluding ortho intramolecular Hbond substituents is 1. The molecule has 1 aliphatic heterocycles. The lowest BCUT2D eigenvalue weighted by molar-refractivity contribution is -0.384. The van der Waals surface area contributed by atoms with Crippen LogP contribution in [0.25, 0.3) is 6.08 Å². The first-order valence-corrected chi connectivity index (χ1v) is 11.3. The van der Waals surface area contributed by atoms with Crippen molar-refractivity contribution in [2.75, 3.05) is 17.8 Å². The number of ketones is 1. The number of anilines is 1. The number of non-ortho nitro benzene ring substituents is 1. The van der Waals surface area contributed by atoms with Crippen molar-refractivity contribution in [3.8, 4) is 11.5 Å². The number of aliphatic imine (C=N–C) groups is 1. The van der Waals surface area contributed by atoms with Crippen molar-refractivity contribution in [3.05, 3.63) is 99.7 Å². The highest BCUT2D eigenvalue weighted by Crippen LogP contribution is 2.32. The molecular formula is C25H19N3O6S. The van der Waals surface area contributed by atoms with Gasteiger partial charge >= 0.3 is 0 Å². The van der Waals surface area contributed by atoms with Gasteiger partial charge in [0.15, 0.2) is 22.4 Å². The normalized spacial score (nSPS) is 14.2. The first-order valence-electron chi connectivity index (χ1n) is 10.3. The fourth-order valence-electron chi connectivity index (χ4n) is 3.32. The number of thioether (sulfide) groups is 1. The zero-order valence-electron chi connectivity index (χ0n) is 18.5. The zero-order chi connectivity index (χ0) is 24.9. The van der Waals surface area contributed by atoms with Gasteiger partial charge in [0, 0.05) is 17.7 Å². The maximum Gasteiger partial charge on any atom is 0.283 e. The van der Waals surface area contributed by atoms with Gasteiger partial charge in [-0.1, -0.05) is 36.0 Å². The fraction of sp³-hybridized carbons (Fsp3) is 0.0800. The van der Waals surface area contributed by atoms with Crippen molar-refractivity contribution in [3.63, 3.8) is 0 Å². The lowest BCUT2D eigenvalue weighted by atomic mass is 10.1. The predicted octanol–water partition coefficient (Wildman–Crippen LogP) is 4.67. The first-order chi connectivity index (χ1) is 16.9. The third-order valence-electron chi connectivity index (χ3n) is 5.08. The van der Waals surface area contributed by atoms with E-state index in [1.54, 1.807) is 42.5 Å². The minimum atomic E-state index is -0.531. The number of amidine groups is 1. The summed E-state index contributed by atoms with van der Waals surface area (Å²) in [5, 5.41) is 21.0. The molecule has 4 rings (SSSR count). The molecule has 0 atom stereocenters. The number of aromatic hydroxyl groups is 1. The third-order valence-corrected chi connectivity index (χ3v) is 6.02. The molecule has 0 aromatic heterocycles. The zero-order valence-corrected chi connectivity index (χ0v) is 19.3. The molecular weight excluding hydrogens is 470 g/mol. The molecule has 1 heterocycles. The number of hydrogen-bond donors (Lipinski definition) is 1. The number of carbonyl (C=O) groups excluding carboxylic acids is 2. The van der Waals surface area contributed by atoms with E-state index in [1.165, 1.54) is 42.3 Å². The minimum Gasteiger partial charge on any atom is -0.504 e. The SMILES string of the molecule is COc1cc(/C=C2/N=C(SCC(=O)c3ccc([N+](=O)[O-])cc3)N(c3ccccc3)C2=O)ccc1O. The maximum absolute atomic E-state index is 13.3. The van der Waals surface area contributed by atoms with E-state index in [1.807, 2.05) is 6.07 Å². The molecule has 1 N–H and O–H groups in total. The van der Waals surface area contributed by atoms with Gasteiger partial charge in [0.25, 0.3) is 11.6 Å². The van der Waals surface area contributed by atoms with Crippen molar-refractivity contribution in [2.24, 2.45) is 4.99 Å². The number of hydrogen-bond acceptors (Lipinski definition) is 8. The number of para-hydroxylation sites is 1. The highest BCUT2D eigenvalue weighted by atomic mass is 32.2. The second kappa shape index (κ2) is 10.2. The van der Waals surface area contributed by atoms with E-state index in [-0.39, 0.29) is 40.3 Å².